The molecule has 19 heteroatoms. The van der Waals surface area contributed by atoms with E-state index in [4.69, 9.17) is 9.47 Å². The van der Waals surface area contributed by atoms with E-state index in [2.05, 4.69) is 25.3 Å². The van der Waals surface area contributed by atoms with Crippen molar-refractivity contribution < 1.29 is 50.2 Å². The van der Waals surface area contributed by atoms with Crippen LogP contribution in [0.2, 0.25) is 0 Å². The van der Waals surface area contributed by atoms with Crippen LogP contribution >= 0.6 is 11.3 Å². The zero-order chi connectivity index (χ0) is 40.8. The van der Waals surface area contributed by atoms with E-state index in [1.165, 1.54) is 29.4 Å². The maximum Gasteiger partial charge on any atom is 0.427 e. The van der Waals surface area contributed by atoms with Crippen molar-refractivity contribution in [2.75, 3.05) is 6.54 Å². The van der Waals surface area contributed by atoms with Crippen LogP contribution in [0.25, 0.3) is 10.6 Å². The quantitative estimate of drug-likeness (QED) is 0.310. The number of aromatic nitrogens is 2. The van der Waals surface area contributed by atoms with Gasteiger partial charge in [0, 0.05) is 41.7 Å². The van der Waals surface area contributed by atoms with Crippen molar-refractivity contribution in [3.8, 4) is 16.5 Å². The second kappa shape index (κ2) is 15.2. The number of carbonyl (C=O) groups excluding carboxylic acids is 4. The van der Waals surface area contributed by atoms with Crippen LogP contribution in [-0.4, -0.2) is 93.9 Å². The van der Waals surface area contributed by atoms with Crippen LogP contribution in [0.5, 0.6) is 5.88 Å². The minimum absolute atomic E-state index is 0.0300. The summed E-state index contributed by atoms with van der Waals surface area (Å²) in [7, 11) is -4.07. The summed E-state index contributed by atoms with van der Waals surface area (Å²) in [5.74, 6) is -3.46. The molecule has 4 amide bonds. The normalized spacial score (nSPS) is 30.0. The number of allylic oxidation sites excluding steroid dienone is 1. The fourth-order valence-electron chi connectivity index (χ4n) is 7.19. The summed E-state index contributed by atoms with van der Waals surface area (Å²) in [5.41, 5.74) is -3.79. The number of pyridine rings is 1. The van der Waals surface area contributed by atoms with Gasteiger partial charge < -0.3 is 25.0 Å². The largest absolute Gasteiger partial charge is 0.472 e. The zero-order valence-corrected chi connectivity index (χ0v) is 33.4. The van der Waals surface area contributed by atoms with Crippen LogP contribution in [0.3, 0.4) is 0 Å². The highest BCUT2D eigenvalue weighted by Gasteiger charge is 2.63. The van der Waals surface area contributed by atoms with Crippen LogP contribution in [0.4, 0.5) is 18.0 Å². The topological polar surface area (TPSA) is 186 Å². The van der Waals surface area contributed by atoms with Crippen LogP contribution in [0.1, 0.15) is 79.6 Å². The number of nitrogens with zero attached hydrogens (tertiary/aromatic N) is 3. The summed E-state index contributed by atoms with van der Waals surface area (Å²) >= 11 is 1.40. The van der Waals surface area contributed by atoms with Gasteiger partial charge in [-0.3, -0.25) is 19.1 Å². The number of hydrogen-bond acceptors (Lipinski definition) is 11. The summed E-state index contributed by atoms with van der Waals surface area (Å²) in [6.07, 6.45) is 1.92. The Hall–Kier alpha value is -4.26. The zero-order valence-electron chi connectivity index (χ0n) is 31.7. The second-order valence-electron chi connectivity index (χ2n) is 16.2. The number of amides is 4. The number of alkyl carbamates (subject to hydrolysis) is 1. The number of thiazole rings is 1. The van der Waals surface area contributed by atoms with Gasteiger partial charge >= 0.3 is 12.3 Å². The Bertz CT molecular complexity index is 1970. The second-order valence-corrected chi connectivity index (χ2v) is 19.3. The van der Waals surface area contributed by atoms with E-state index in [1.807, 2.05) is 18.4 Å². The minimum atomic E-state index is -4.91. The van der Waals surface area contributed by atoms with Crippen molar-refractivity contribution in [1.29, 1.82) is 0 Å². The van der Waals surface area contributed by atoms with Crippen molar-refractivity contribution in [3.63, 3.8) is 0 Å². The number of halogens is 3. The number of nitrogens with one attached hydrogen (secondary N) is 3. The molecule has 1 saturated heterocycles. The van der Waals surface area contributed by atoms with Crippen molar-refractivity contribution >= 4 is 45.2 Å². The maximum absolute atomic E-state index is 14.6. The Morgan fingerprint density at radius 1 is 1.11 bits per heavy atom. The van der Waals surface area contributed by atoms with Gasteiger partial charge in [-0.25, -0.2) is 23.2 Å². The van der Waals surface area contributed by atoms with Crippen LogP contribution in [0, 0.1) is 17.8 Å². The van der Waals surface area contributed by atoms with E-state index in [0.717, 1.165) is 5.56 Å². The lowest BCUT2D eigenvalue weighted by molar-refractivity contribution is -0.244. The molecule has 306 valence electrons. The van der Waals surface area contributed by atoms with Crippen molar-refractivity contribution in [1.82, 2.24) is 30.2 Å². The highest BCUT2D eigenvalue weighted by Crippen LogP contribution is 2.47. The number of hydrogen-bond donors (Lipinski definition) is 3. The summed E-state index contributed by atoms with van der Waals surface area (Å²) in [5, 5.41) is 7.67. The van der Waals surface area contributed by atoms with Crippen molar-refractivity contribution in [3.05, 3.63) is 42.1 Å². The molecule has 0 aromatic carbocycles. The molecule has 0 radical (unpaired) electrons. The number of alkyl halides is 3. The molecule has 3 fully saturated rings. The van der Waals surface area contributed by atoms with Gasteiger partial charge in [-0.1, -0.05) is 26.0 Å². The molecule has 3 N–H and O–H groups in total. The first-order valence-electron chi connectivity index (χ1n) is 18.6. The molecule has 4 aliphatic rings. The maximum atomic E-state index is 14.6. The SMILES string of the molecule is C[C@H]1CC/C=C\[C@@H]2C[C@@]2(C(=O)NS(=O)(=O)C2(C)CC2)NC(=O)[C@@H]2C[C@@H](Oc3cc(-c4nccs4)ccn3)CN2C(=O)[C@@H](NC(=O)OC(C)(C)C(F)(F)F)[C@H](C)C1. The third kappa shape index (κ3) is 8.67. The Balaban J connectivity index is 1.33. The molecule has 56 heavy (non-hydrogen) atoms. The van der Waals surface area contributed by atoms with Crippen LogP contribution in [-0.2, 0) is 29.1 Å². The molecular weight excluding hydrogens is 778 g/mol. The first-order valence-corrected chi connectivity index (χ1v) is 21.0. The average molecular weight is 825 g/mol. The van der Waals surface area contributed by atoms with E-state index in [-0.39, 0.29) is 31.2 Å². The highest BCUT2D eigenvalue weighted by molar-refractivity contribution is 7.91. The van der Waals surface area contributed by atoms with Gasteiger partial charge in [0.25, 0.3) is 5.91 Å². The van der Waals surface area contributed by atoms with E-state index >= 15 is 0 Å². The molecule has 7 atom stereocenters. The molecule has 4 heterocycles. The molecule has 0 unspecified atom stereocenters. The van der Waals surface area contributed by atoms with Gasteiger partial charge in [-0.05, 0) is 77.2 Å². The lowest BCUT2D eigenvalue weighted by Crippen LogP contribution is -2.59. The van der Waals surface area contributed by atoms with Gasteiger partial charge in [0.2, 0.25) is 33.3 Å². The van der Waals surface area contributed by atoms with Gasteiger partial charge in [0.05, 0.1) is 11.3 Å². The summed E-state index contributed by atoms with van der Waals surface area (Å²) in [4.78, 5) is 65.8. The molecule has 0 bridgehead atoms. The Kier molecular flexibility index (Phi) is 11.3. The third-order valence-electron chi connectivity index (χ3n) is 11.3. The molecular formula is C37H47F3N6O8S2. The van der Waals surface area contributed by atoms with E-state index in [9.17, 15) is 40.8 Å². The van der Waals surface area contributed by atoms with Gasteiger partial charge in [0.15, 0.2) is 0 Å². The molecule has 14 nitrogen and oxygen atoms in total. The van der Waals surface area contributed by atoms with E-state index < -0.39 is 85.9 Å². The molecule has 0 spiro atoms. The number of ether oxygens (including phenoxy) is 2. The third-order valence-corrected chi connectivity index (χ3v) is 14.2. The van der Waals surface area contributed by atoms with Crippen molar-refractivity contribution in [2.24, 2.45) is 17.8 Å². The predicted octanol–water partition coefficient (Wildman–Crippen LogP) is 4.87. The van der Waals surface area contributed by atoms with E-state index in [0.29, 0.717) is 51.0 Å². The lowest BCUT2D eigenvalue weighted by atomic mass is 9.88. The van der Waals surface area contributed by atoms with Gasteiger partial charge in [-0.2, -0.15) is 13.2 Å². The Morgan fingerprint density at radius 2 is 1.84 bits per heavy atom. The van der Waals surface area contributed by atoms with Crippen molar-refractivity contribution in [2.45, 2.75) is 120 Å². The number of rotatable bonds is 8. The van der Waals surface area contributed by atoms with Gasteiger partial charge in [-0.15, -0.1) is 11.3 Å². The summed E-state index contributed by atoms with van der Waals surface area (Å²) < 4.78 is 79.5. The first kappa shape index (κ1) is 41.4. The predicted molar refractivity (Wildman–Crippen MR) is 198 cm³/mol. The summed E-state index contributed by atoms with van der Waals surface area (Å²) in [6.45, 7) is 6.35. The molecule has 2 saturated carbocycles. The molecule has 2 aromatic heterocycles. The molecule has 2 aliphatic heterocycles. The fraction of sp³-hybridized carbons (Fsp3) is 0.622. The van der Waals surface area contributed by atoms with Crippen LogP contribution in [0.15, 0.2) is 42.1 Å². The first-order chi connectivity index (χ1) is 26.1. The van der Waals surface area contributed by atoms with Crippen LogP contribution < -0.4 is 20.1 Å². The van der Waals surface area contributed by atoms with Gasteiger partial charge in [0.1, 0.15) is 28.7 Å². The monoisotopic (exact) mass is 824 g/mol. The standard InChI is InChI=1S/C37H47F3N6O8S2/c1-21-8-6-7-9-24-19-36(24,32(49)45-56(51,52)35(5)11-12-35)44-29(47)26-18-25(53-27-17-23(10-13-41-27)30-42-14-15-55-30)20-46(26)31(48)28(22(2)16-21)43-33(50)54-34(3,4)37(38,39)40/h7,9-10,13-15,17,21-22,24-26,28H,6,8,11-12,16,18-20H2,1-5H3,(H,43,50)(H,44,47)(H,45,49)/b9-7-/t21-,22+,24+,25+,26-,28-,36+/m0/s1. The Labute approximate surface area is 327 Å². The number of fused-ring (bicyclic) bond motifs is 2. The summed E-state index contributed by atoms with van der Waals surface area (Å²) in [6, 6.07) is 0.673. The smallest absolute Gasteiger partial charge is 0.427 e. The fourth-order valence-corrected chi connectivity index (χ4v) is 9.13. The Morgan fingerprint density at radius 3 is 2.50 bits per heavy atom. The minimum Gasteiger partial charge on any atom is -0.472 e. The van der Waals surface area contributed by atoms with E-state index in [1.54, 1.807) is 31.3 Å². The number of carbonyl (C=O) groups is 4. The number of sulfonamides is 1. The lowest BCUT2D eigenvalue weighted by Gasteiger charge is -2.34. The highest BCUT2D eigenvalue weighted by atomic mass is 32.2. The average Bonchev–Trinajstić information content (AvgIpc) is 3.86. The molecule has 2 aromatic rings. The molecule has 2 aliphatic carbocycles. The molecule has 6 rings (SSSR count).